The molecule has 2 heterocycles. The summed E-state index contributed by atoms with van der Waals surface area (Å²) in [6.45, 7) is 3.55. The predicted molar refractivity (Wildman–Crippen MR) is 130 cm³/mol. The van der Waals surface area contributed by atoms with Crippen LogP contribution in [0.25, 0.3) is 4.83 Å². The van der Waals surface area contributed by atoms with Gasteiger partial charge in [-0.25, -0.2) is 14.0 Å². The van der Waals surface area contributed by atoms with Gasteiger partial charge in [0, 0.05) is 18.3 Å². The zero-order chi connectivity index (χ0) is 25.3. The molecular weight excluding hydrogens is 473 g/mol. The molecule has 10 heteroatoms. The maximum absolute atomic E-state index is 13.2. The molecular formula is C25H22FN3O5S. The van der Waals surface area contributed by atoms with Crippen LogP contribution in [0.4, 0.5) is 4.39 Å². The topological polar surface area (TPSA) is 98.9 Å². The number of carbonyl (C=O) groups excluding carboxylic acids is 2. The number of esters is 1. The summed E-state index contributed by atoms with van der Waals surface area (Å²) in [6, 6.07) is 10.7. The van der Waals surface area contributed by atoms with E-state index in [0.717, 1.165) is 21.5 Å². The van der Waals surface area contributed by atoms with E-state index >= 15 is 0 Å². The smallest absolute Gasteiger partial charge is 0.338 e. The predicted octanol–water partition coefficient (Wildman–Crippen LogP) is 3.04. The minimum Gasteiger partial charge on any atom is -0.465 e. The van der Waals surface area contributed by atoms with E-state index in [0.29, 0.717) is 27.1 Å². The Morgan fingerprint density at radius 3 is 2.40 bits per heavy atom. The summed E-state index contributed by atoms with van der Waals surface area (Å²) in [4.78, 5) is 51.3. The first-order chi connectivity index (χ1) is 16.7. The Labute approximate surface area is 203 Å². The fraction of sp³-hybridized carbons (Fsp3) is 0.200. The van der Waals surface area contributed by atoms with E-state index < -0.39 is 23.1 Å². The molecule has 0 aliphatic carbocycles. The number of amides is 1. The molecule has 0 saturated carbocycles. The van der Waals surface area contributed by atoms with Crippen LogP contribution in [0.2, 0.25) is 0 Å². The third-order valence-corrected chi connectivity index (χ3v) is 6.83. The highest BCUT2D eigenvalue weighted by molar-refractivity contribution is 7.19. The Kier molecular flexibility index (Phi) is 6.65. The number of nitrogens with zero attached hydrogens (tertiary/aromatic N) is 2. The van der Waals surface area contributed by atoms with E-state index in [1.807, 2.05) is 0 Å². The highest BCUT2D eigenvalue weighted by Crippen LogP contribution is 2.19. The molecule has 0 bridgehead atoms. The molecule has 0 atom stereocenters. The number of hydrogen-bond donors (Lipinski definition) is 1. The first-order valence-corrected chi connectivity index (χ1v) is 11.5. The maximum atomic E-state index is 13.2. The number of aromatic nitrogens is 2. The van der Waals surface area contributed by atoms with Gasteiger partial charge in [0.1, 0.15) is 15.5 Å². The molecule has 4 aromatic rings. The number of carbonyl (C=O) groups is 2. The van der Waals surface area contributed by atoms with E-state index in [2.05, 4.69) is 5.32 Å². The molecule has 0 aliphatic rings. The summed E-state index contributed by atoms with van der Waals surface area (Å²) in [5.74, 6) is -1.24. The SMILES string of the molecule is COC(=O)c1ccc(Cn2c(=O)c(C)c3sc(C(=O)NCc4ccc(F)cc4)cn3c2=O)cc1C. The summed E-state index contributed by atoms with van der Waals surface area (Å²) in [6.07, 6.45) is 1.41. The van der Waals surface area contributed by atoms with E-state index in [9.17, 15) is 23.6 Å². The van der Waals surface area contributed by atoms with Gasteiger partial charge in [-0.3, -0.25) is 18.6 Å². The minimum absolute atomic E-state index is 0.00564. The molecule has 0 fully saturated rings. The van der Waals surface area contributed by atoms with Crippen molar-refractivity contribution < 1.29 is 18.7 Å². The molecule has 2 aromatic heterocycles. The van der Waals surface area contributed by atoms with E-state index in [-0.39, 0.29) is 23.8 Å². The fourth-order valence-corrected chi connectivity index (χ4v) is 4.73. The van der Waals surface area contributed by atoms with Crippen LogP contribution >= 0.6 is 11.3 Å². The van der Waals surface area contributed by atoms with Gasteiger partial charge in [-0.2, -0.15) is 0 Å². The second kappa shape index (κ2) is 9.67. The van der Waals surface area contributed by atoms with Crippen molar-refractivity contribution in [2.24, 2.45) is 0 Å². The zero-order valence-corrected chi connectivity index (χ0v) is 20.1. The summed E-state index contributed by atoms with van der Waals surface area (Å²) < 4.78 is 20.2. The lowest BCUT2D eigenvalue weighted by Gasteiger charge is -2.10. The molecule has 35 heavy (non-hydrogen) atoms. The van der Waals surface area contributed by atoms with Crippen LogP contribution in [0, 0.1) is 19.7 Å². The van der Waals surface area contributed by atoms with Gasteiger partial charge in [-0.05, 0) is 48.7 Å². The van der Waals surface area contributed by atoms with Crippen molar-refractivity contribution in [3.05, 3.63) is 108 Å². The summed E-state index contributed by atoms with van der Waals surface area (Å²) in [5.41, 5.74) is 1.78. The maximum Gasteiger partial charge on any atom is 0.338 e. The van der Waals surface area contributed by atoms with Crippen molar-refractivity contribution in [2.75, 3.05) is 7.11 Å². The average molecular weight is 496 g/mol. The lowest BCUT2D eigenvalue weighted by Crippen LogP contribution is -2.38. The molecule has 4 rings (SSSR count). The van der Waals surface area contributed by atoms with Crippen LogP contribution in [-0.2, 0) is 17.8 Å². The fourth-order valence-electron chi connectivity index (χ4n) is 3.73. The van der Waals surface area contributed by atoms with Gasteiger partial charge in [0.2, 0.25) is 0 Å². The largest absolute Gasteiger partial charge is 0.465 e. The number of ether oxygens (including phenoxy) is 1. The third-order valence-electron chi connectivity index (χ3n) is 5.62. The van der Waals surface area contributed by atoms with Crippen LogP contribution in [-0.4, -0.2) is 28.0 Å². The summed E-state index contributed by atoms with van der Waals surface area (Å²) in [7, 11) is 1.30. The van der Waals surface area contributed by atoms with Crippen LogP contribution in [0.3, 0.4) is 0 Å². The number of benzene rings is 2. The second-order valence-electron chi connectivity index (χ2n) is 8.02. The molecule has 0 radical (unpaired) electrons. The molecule has 1 amide bonds. The van der Waals surface area contributed by atoms with E-state index in [1.54, 1.807) is 44.2 Å². The van der Waals surface area contributed by atoms with Crippen molar-refractivity contribution >= 4 is 28.0 Å². The third kappa shape index (κ3) is 4.78. The Morgan fingerprint density at radius 1 is 1.06 bits per heavy atom. The Morgan fingerprint density at radius 2 is 1.74 bits per heavy atom. The van der Waals surface area contributed by atoms with Crippen LogP contribution in [0.15, 0.2) is 58.3 Å². The van der Waals surface area contributed by atoms with E-state index in [4.69, 9.17) is 4.74 Å². The number of thiazole rings is 1. The molecule has 1 N–H and O–H groups in total. The first kappa shape index (κ1) is 24.1. The Balaban J connectivity index is 1.63. The average Bonchev–Trinajstić information content (AvgIpc) is 3.30. The second-order valence-corrected chi connectivity index (χ2v) is 9.05. The van der Waals surface area contributed by atoms with Gasteiger partial charge in [-0.15, -0.1) is 11.3 Å². The Hall–Kier alpha value is -4.05. The van der Waals surface area contributed by atoms with Gasteiger partial charge in [0.15, 0.2) is 0 Å². The number of hydrogen-bond acceptors (Lipinski definition) is 6. The van der Waals surface area contributed by atoms with Crippen molar-refractivity contribution in [2.45, 2.75) is 26.9 Å². The number of halogens is 1. The van der Waals surface area contributed by atoms with Crippen molar-refractivity contribution in [3.8, 4) is 0 Å². The van der Waals surface area contributed by atoms with Gasteiger partial charge >= 0.3 is 11.7 Å². The van der Waals surface area contributed by atoms with Gasteiger partial charge < -0.3 is 10.1 Å². The molecule has 180 valence electrons. The summed E-state index contributed by atoms with van der Waals surface area (Å²) in [5, 5.41) is 2.74. The number of rotatable bonds is 6. The molecule has 8 nitrogen and oxygen atoms in total. The number of fused-ring (bicyclic) bond motifs is 1. The van der Waals surface area contributed by atoms with Gasteiger partial charge in [-0.1, -0.05) is 24.3 Å². The number of methoxy groups -OCH3 is 1. The molecule has 0 aliphatic heterocycles. The van der Waals surface area contributed by atoms with Gasteiger partial charge in [0.05, 0.1) is 19.2 Å². The van der Waals surface area contributed by atoms with Crippen LogP contribution in [0.5, 0.6) is 0 Å². The normalized spacial score (nSPS) is 11.0. The Bertz CT molecular complexity index is 1570. The first-order valence-electron chi connectivity index (χ1n) is 10.7. The van der Waals surface area contributed by atoms with Crippen molar-refractivity contribution in [3.63, 3.8) is 0 Å². The monoisotopic (exact) mass is 495 g/mol. The quantitative estimate of drug-likeness (QED) is 0.415. The van der Waals surface area contributed by atoms with Crippen molar-refractivity contribution in [1.82, 2.24) is 14.3 Å². The minimum atomic E-state index is -0.570. The zero-order valence-electron chi connectivity index (χ0n) is 19.3. The lowest BCUT2D eigenvalue weighted by molar-refractivity contribution is 0.0599. The van der Waals surface area contributed by atoms with Crippen molar-refractivity contribution in [1.29, 1.82) is 0 Å². The molecule has 0 spiro atoms. The molecule has 2 aromatic carbocycles. The molecule has 0 unspecified atom stereocenters. The van der Waals surface area contributed by atoms with Crippen LogP contribution in [0.1, 0.15) is 42.3 Å². The number of nitrogens with one attached hydrogen (secondary N) is 1. The highest BCUT2D eigenvalue weighted by Gasteiger charge is 2.18. The molecule has 0 saturated heterocycles. The standard InChI is InChI=1S/C25H22FN3O5S/c1-14-10-17(6-9-19(14)24(32)34-3)12-28-22(31)15(2)23-29(25(28)33)13-20(35-23)21(30)27-11-16-4-7-18(26)8-5-16/h4-10,13H,11-12H2,1-3H3,(H,27,30). The lowest BCUT2D eigenvalue weighted by atomic mass is 10.1. The van der Waals surface area contributed by atoms with E-state index in [1.165, 1.54) is 29.8 Å². The highest BCUT2D eigenvalue weighted by atomic mass is 32.1. The number of aryl methyl sites for hydroxylation is 2. The van der Waals surface area contributed by atoms with Crippen LogP contribution < -0.4 is 16.6 Å². The van der Waals surface area contributed by atoms with Gasteiger partial charge in [0.25, 0.3) is 11.5 Å². The summed E-state index contributed by atoms with van der Waals surface area (Å²) >= 11 is 1.05.